The highest BCUT2D eigenvalue weighted by molar-refractivity contribution is 6.31. The maximum atomic E-state index is 12.9. The number of carbonyl (C=O) groups excluding carboxylic acids is 2. The molecule has 0 saturated heterocycles. The van der Waals surface area contributed by atoms with Crippen LogP contribution in [-0.4, -0.2) is 36.2 Å². The van der Waals surface area contributed by atoms with E-state index in [-0.39, 0.29) is 22.9 Å². The van der Waals surface area contributed by atoms with E-state index in [0.717, 1.165) is 0 Å². The molecule has 32 heavy (non-hydrogen) atoms. The zero-order valence-corrected chi connectivity index (χ0v) is 17.7. The Morgan fingerprint density at radius 1 is 1.22 bits per heavy atom. The standard InChI is InChI=1S/C22H20ClFN2O6/c1-12-16-7-6-15(8-18(16)32-22(30)20(12)23)31-11-19(28)26-17(10-27)21(29)25-9-13-2-4-14(24)5-3-13/h2-8,17,27H,9-11H2,1H3,(H,25,29)(H,26,28)/t17-/m0/s1. The molecule has 8 nitrogen and oxygen atoms in total. The molecule has 0 saturated carbocycles. The number of hydrogen-bond acceptors (Lipinski definition) is 6. The SMILES string of the molecule is Cc1c(Cl)c(=O)oc2cc(OCC(=O)N[C@@H](CO)C(=O)NCc3ccc(F)cc3)ccc12. The average molecular weight is 463 g/mol. The molecule has 10 heteroatoms. The minimum absolute atomic E-state index is 0.00158. The van der Waals surface area contributed by atoms with Crippen LogP contribution in [0, 0.1) is 12.7 Å². The minimum atomic E-state index is -1.19. The second kappa shape index (κ2) is 10.3. The van der Waals surface area contributed by atoms with Gasteiger partial charge in [-0.1, -0.05) is 23.7 Å². The van der Waals surface area contributed by atoms with Crippen LogP contribution in [0.2, 0.25) is 5.02 Å². The summed E-state index contributed by atoms with van der Waals surface area (Å²) in [5.74, 6) is -1.38. The minimum Gasteiger partial charge on any atom is -0.484 e. The lowest BCUT2D eigenvalue weighted by atomic mass is 10.1. The molecule has 0 bridgehead atoms. The van der Waals surface area contributed by atoms with Gasteiger partial charge in [0.15, 0.2) is 6.61 Å². The molecular formula is C22H20ClFN2O6. The first kappa shape index (κ1) is 23.2. The van der Waals surface area contributed by atoms with Crippen LogP contribution in [0.3, 0.4) is 0 Å². The number of benzene rings is 2. The number of nitrogens with one attached hydrogen (secondary N) is 2. The van der Waals surface area contributed by atoms with Crippen molar-refractivity contribution in [1.82, 2.24) is 10.6 Å². The lowest BCUT2D eigenvalue weighted by Gasteiger charge is -2.16. The van der Waals surface area contributed by atoms with E-state index in [4.69, 9.17) is 20.8 Å². The predicted molar refractivity (Wildman–Crippen MR) is 115 cm³/mol. The van der Waals surface area contributed by atoms with Crippen molar-refractivity contribution in [1.29, 1.82) is 0 Å². The molecule has 0 unspecified atom stereocenters. The van der Waals surface area contributed by atoms with Crippen molar-refractivity contribution in [3.8, 4) is 5.75 Å². The third-order valence-corrected chi connectivity index (χ3v) is 5.09. The van der Waals surface area contributed by atoms with Gasteiger partial charge in [0.2, 0.25) is 5.91 Å². The number of hydrogen-bond donors (Lipinski definition) is 3. The van der Waals surface area contributed by atoms with E-state index in [9.17, 15) is 23.9 Å². The fraction of sp³-hybridized carbons (Fsp3) is 0.227. The zero-order chi connectivity index (χ0) is 23.3. The Balaban J connectivity index is 1.55. The Morgan fingerprint density at radius 2 is 1.94 bits per heavy atom. The van der Waals surface area contributed by atoms with Gasteiger partial charge in [0.25, 0.3) is 5.91 Å². The van der Waals surface area contributed by atoms with Crippen molar-refractivity contribution in [2.24, 2.45) is 0 Å². The first-order valence-electron chi connectivity index (χ1n) is 9.56. The third kappa shape index (κ3) is 5.63. The van der Waals surface area contributed by atoms with Crippen molar-refractivity contribution in [3.63, 3.8) is 0 Å². The summed E-state index contributed by atoms with van der Waals surface area (Å²) in [6.45, 7) is 0.728. The number of carbonyl (C=O) groups is 2. The number of ether oxygens (including phenoxy) is 1. The van der Waals surface area contributed by atoms with Crippen LogP contribution in [-0.2, 0) is 16.1 Å². The number of aliphatic hydroxyl groups excluding tert-OH is 1. The molecule has 2 amide bonds. The van der Waals surface area contributed by atoms with E-state index in [1.165, 1.54) is 30.3 Å². The van der Waals surface area contributed by atoms with Crippen LogP contribution in [0.1, 0.15) is 11.1 Å². The molecule has 1 atom stereocenters. The van der Waals surface area contributed by atoms with Gasteiger partial charge in [-0.2, -0.15) is 0 Å². The van der Waals surface area contributed by atoms with E-state index < -0.39 is 42.5 Å². The van der Waals surface area contributed by atoms with Crippen LogP contribution in [0.15, 0.2) is 51.7 Å². The Bertz CT molecular complexity index is 1200. The fourth-order valence-corrected chi connectivity index (χ4v) is 3.04. The van der Waals surface area contributed by atoms with Crippen molar-refractivity contribution in [2.45, 2.75) is 19.5 Å². The molecule has 0 aliphatic rings. The highest BCUT2D eigenvalue weighted by Crippen LogP contribution is 2.25. The number of aliphatic hydroxyl groups is 1. The monoisotopic (exact) mass is 462 g/mol. The first-order chi connectivity index (χ1) is 15.3. The largest absolute Gasteiger partial charge is 0.484 e. The smallest absolute Gasteiger partial charge is 0.355 e. The highest BCUT2D eigenvalue weighted by atomic mass is 35.5. The molecule has 3 N–H and O–H groups in total. The van der Waals surface area contributed by atoms with Gasteiger partial charge in [-0.05, 0) is 42.3 Å². The summed E-state index contributed by atoms with van der Waals surface area (Å²) in [6.07, 6.45) is 0. The number of rotatable bonds is 8. The van der Waals surface area contributed by atoms with Gasteiger partial charge < -0.3 is 24.9 Å². The van der Waals surface area contributed by atoms with Crippen molar-refractivity contribution < 1.29 is 28.2 Å². The molecule has 1 aromatic heterocycles. The normalized spacial score (nSPS) is 11.8. The summed E-state index contributed by atoms with van der Waals surface area (Å²) >= 11 is 5.89. The van der Waals surface area contributed by atoms with Gasteiger partial charge in [0.05, 0.1) is 6.61 Å². The second-order valence-corrected chi connectivity index (χ2v) is 7.30. The topological polar surface area (TPSA) is 118 Å². The van der Waals surface area contributed by atoms with Crippen LogP contribution >= 0.6 is 11.6 Å². The van der Waals surface area contributed by atoms with Gasteiger partial charge in [-0.25, -0.2) is 9.18 Å². The molecule has 0 fully saturated rings. The Labute approximate surface area is 186 Å². The Hall–Kier alpha value is -3.43. The molecular weight excluding hydrogens is 443 g/mol. The summed E-state index contributed by atoms with van der Waals surface area (Å²) < 4.78 is 23.5. The highest BCUT2D eigenvalue weighted by Gasteiger charge is 2.20. The molecule has 0 aliphatic heterocycles. The molecule has 1 heterocycles. The molecule has 3 rings (SSSR count). The third-order valence-electron chi connectivity index (χ3n) is 4.65. The van der Waals surface area contributed by atoms with E-state index in [2.05, 4.69) is 10.6 Å². The quantitative estimate of drug-likeness (QED) is 0.441. The molecule has 168 valence electrons. The molecule has 2 aromatic carbocycles. The van der Waals surface area contributed by atoms with Gasteiger partial charge in [0, 0.05) is 18.0 Å². The number of amides is 2. The average Bonchev–Trinajstić information content (AvgIpc) is 2.79. The zero-order valence-electron chi connectivity index (χ0n) is 17.0. The van der Waals surface area contributed by atoms with Crippen LogP contribution in [0.4, 0.5) is 4.39 Å². The van der Waals surface area contributed by atoms with Crippen molar-refractivity contribution in [3.05, 3.63) is 74.9 Å². The van der Waals surface area contributed by atoms with Gasteiger partial charge in [-0.15, -0.1) is 0 Å². The summed E-state index contributed by atoms with van der Waals surface area (Å²) in [7, 11) is 0. The van der Waals surface area contributed by atoms with Crippen LogP contribution in [0.5, 0.6) is 5.75 Å². The molecule has 0 spiro atoms. The number of halogens is 2. The van der Waals surface area contributed by atoms with Crippen molar-refractivity contribution in [2.75, 3.05) is 13.2 Å². The van der Waals surface area contributed by atoms with Gasteiger partial charge in [-0.3, -0.25) is 9.59 Å². The maximum Gasteiger partial charge on any atom is 0.355 e. The molecule has 3 aromatic rings. The van der Waals surface area contributed by atoms with Crippen molar-refractivity contribution >= 4 is 34.4 Å². The summed E-state index contributed by atoms with van der Waals surface area (Å²) in [4.78, 5) is 36.1. The lowest BCUT2D eigenvalue weighted by molar-refractivity contribution is -0.131. The molecule has 0 aliphatic carbocycles. The van der Waals surface area contributed by atoms with Gasteiger partial charge >= 0.3 is 5.63 Å². The van der Waals surface area contributed by atoms with E-state index in [1.807, 2.05) is 0 Å². The number of aryl methyl sites for hydroxylation is 1. The van der Waals surface area contributed by atoms with E-state index in [0.29, 0.717) is 16.5 Å². The lowest BCUT2D eigenvalue weighted by Crippen LogP contribution is -2.49. The summed E-state index contributed by atoms with van der Waals surface area (Å²) in [5, 5.41) is 15.0. The summed E-state index contributed by atoms with van der Waals surface area (Å²) in [6, 6.07) is 9.03. The van der Waals surface area contributed by atoms with Crippen LogP contribution in [0.25, 0.3) is 11.0 Å². The van der Waals surface area contributed by atoms with Crippen LogP contribution < -0.4 is 21.0 Å². The maximum absolute atomic E-state index is 12.9. The Morgan fingerprint density at radius 3 is 2.62 bits per heavy atom. The first-order valence-corrected chi connectivity index (χ1v) is 9.94. The molecule has 0 radical (unpaired) electrons. The van der Waals surface area contributed by atoms with E-state index in [1.54, 1.807) is 19.1 Å². The summed E-state index contributed by atoms with van der Waals surface area (Å²) in [5.41, 5.74) is 0.803. The number of fused-ring (bicyclic) bond motifs is 1. The Kier molecular flexibility index (Phi) is 7.45. The second-order valence-electron chi connectivity index (χ2n) is 6.92. The fourth-order valence-electron chi connectivity index (χ4n) is 2.90. The predicted octanol–water partition coefficient (Wildman–Crippen LogP) is 2.07. The van der Waals surface area contributed by atoms with E-state index >= 15 is 0 Å². The van der Waals surface area contributed by atoms with Gasteiger partial charge in [0.1, 0.15) is 28.2 Å².